The number of nitrogens with zero attached hydrogens (tertiary/aromatic N) is 4. The zero-order chi connectivity index (χ0) is 25.4. The van der Waals surface area contributed by atoms with E-state index in [1.807, 2.05) is 34.7 Å². The number of rotatable bonds is 7. The van der Waals surface area contributed by atoms with Crippen molar-refractivity contribution in [3.05, 3.63) is 99.9 Å². The molecule has 3 heterocycles. The molecule has 0 spiro atoms. The van der Waals surface area contributed by atoms with Gasteiger partial charge in [0.25, 0.3) is 5.56 Å². The number of para-hydroxylation sites is 1. The van der Waals surface area contributed by atoms with Crippen molar-refractivity contribution in [1.29, 1.82) is 0 Å². The molecule has 37 heavy (non-hydrogen) atoms. The molecular formula is C27H22FN5O4. The normalized spacial score (nSPS) is 12.4. The largest absolute Gasteiger partial charge is 0.454 e. The van der Waals surface area contributed by atoms with Crippen LogP contribution in [0.4, 0.5) is 4.39 Å². The van der Waals surface area contributed by atoms with Crippen LogP contribution in [-0.4, -0.2) is 31.9 Å². The lowest BCUT2D eigenvalue weighted by molar-refractivity contribution is -0.121. The highest BCUT2D eigenvalue weighted by Crippen LogP contribution is 2.32. The molecule has 0 radical (unpaired) electrons. The molecule has 0 saturated carbocycles. The number of fused-ring (bicyclic) bond motifs is 4. The Hall–Kier alpha value is -4.73. The first-order valence-electron chi connectivity index (χ1n) is 11.8. The van der Waals surface area contributed by atoms with E-state index in [2.05, 4.69) is 15.5 Å². The predicted molar refractivity (Wildman–Crippen MR) is 133 cm³/mol. The summed E-state index contributed by atoms with van der Waals surface area (Å²) in [5.74, 6) is 1.81. The fraction of sp³-hybridized carbons (Fsp3) is 0.185. The third kappa shape index (κ3) is 4.37. The highest BCUT2D eigenvalue weighted by Gasteiger charge is 2.18. The van der Waals surface area contributed by atoms with Crippen LogP contribution in [0, 0.1) is 5.82 Å². The Morgan fingerprint density at radius 2 is 1.76 bits per heavy atom. The number of hydrogen-bond donors (Lipinski definition) is 1. The second-order valence-electron chi connectivity index (χ2n) is 8.75. The van der Waals surface area contributed by atoms with Crippen LogP contribution in [0.1, 0.15) is 23.4 Å². The number of aromatic nitrogens is 4. The van der Waals surface area contributed by atoms with Crippen LogP contribution in [-0.2, 0) is 24.3 Å². The molecule has 0 fully saturated rings. The average molecular weight is 500 g/mol. The van der Waals surface area contributed by atoms with Gasteiger partial charge in [-0.15, -0.1) is 10.2 Å². The van der Waals surface area contributed by atoms with Gasteiger partial charge in [0.1, 0.15) is 11.6 Å². The van der Waals surface area contributed by atoms with Crippen LogP contribution in [0.25, 0.3) is 16.7 Å². The summed E-state index contributed by atoms with van der Waals surface area (Å²) >= 11 is 0. The minimum atomic E-state index is -0.346. The van der Waals surface area contributed by atoms with Crippen molar-refractivity contribution in [2.75, 3.05) is 6.79 Å². The summed E-state index contributed by atoms with van der Waals surface area (Å²) in [5.41, 5.74) is 2.11. The summed E-state index contributed by atoms with van der Waals surface area (Å²) in [7, 11) is 0. The third-order valence-corrected chi connectivity index (χ3v) is 6.33. The highest BCUT2D eigenvalue weighted by molar-refractivity contribution is 5.80. The summed E-state index contributed by atoms with van der Waals surface area (Å²) < 4.78 is 27.4. The fourth-order valence-electron chi connectivity index (χ4n) is 4.46. The van der Waals surface area contributed by atoms with Gasteiger partial charge in [-0.25, -0.2) is 4.39 Å². The maximum Gasteiger partial charge on any atom is 0.263 e. The minimum absolute atomic E-state index is 0.140. The molecule has 1 aliphatic heterocycles. The van der Waals surface area contributed by atoms with Crippen LogP contribution in [0.2, 0.25) is 0 Å². The van der Waals surface area contributed by atoms with Gasteiger partial charge in [-0.3, -0.25) is 18.6 Å². The van der Waals surface area contributed by atoms with E-state index < -0.39 is 0 Å². The molecule has 9 nitrogen and oxygen atoms in total. The van der Waals surface area contributed by atoms with Crippen molar-refractivity contribution >= 4 is 22.6 Å². The van der Waals surface area contributed by atoms with Crippen LogP contribution in [0.3, 0.4) is 0 Å². The number of ether oxygens (including phenoxy) is 2. The second-order valence-corrected chi connectivity index (χ2v) is 8.75. The van der Waals surface area contributed by atoms with Crippen LogP contribution in [0.15, 0.2) is 71.5 Å². The van der Waals surface area contributed by atoms with E-state index in [1.54, 1.807) is 24.3 Å². The molecule has 2 aromatic heterocycles. The van der Waals surface area contributed by atoms with Gasteiger partial charge in [0.15, 0.2) is 11.5 Å². The first-order chi connectivity index (χ1) is 18.1. The molecule has 1 amide bonds. The van der Waals surface area contributed by atoms with E-state index >= 15 is 0 Å². The number of hydrogen-bond acceptors (Lipinski definition) is 6. The fourth-order valence-corrected chi connectivity index (χ4v) is 4.46. The summed E-state index contributed by atoms with van der Waals surface area (Å²) in [5, 5.41) is 12.0. The van der Waals surface area contributed by atoms with E-state index in [4.69, 9.17) is 9.47 Å². The zero-order valence-electron chi connectivity index (χ0n) is 19.7. The summed E-state index contributed by atoms with van der Waals surface area (Å²) in [6.45, 7) is 0.766. The molecular weight excluding hydrogens is 477 g/mol. The molecule has 186 valence electrons. The first kappa shape index (κ1) is 22.7. The number of nitrogens with one attached hydrogen (secondary N) is 1. The van der Waals surface area contributed by atoms with E-state index in [9.17, 15) is 14.0 Å². The Morgan fingerprint density at radius 1 is 0.973 bits per heavy atom. The van der Waals surface area contributed by atoms with E-state index in [-0.39, 0.29) is 37.0 Å². The van der Waals surface area contributed by atoms with Crippen molar-refractivity contribution in [3.8, 4) is 11.5 Å². The van der Waals surface area contributed by atoms with Gasteiger partial charge in [0.05, 0.1) is 17.4 Å². The number of benzene rings is 3. The maximum absolute atomic E-state index is 13.4. The van der Waals surface area contributed by atoms with Crippen LogP contribution in [0.5, 0.6) is 11.5 Å². The Balaban J connectivity index is 1.24. The molecule has 1 aliphatic rings. The van der Waals surface area contributed by atoms with Gasteiger partial charge < -0.3 is 14.8 Å². The predicted octanol–water partition coefficient (Wildman–Crippen LogP) is 3.21. The summed E-state index contributed by atoms with van der Waals surface area (Å²) in [6, 6.07) is 18.8. The number of halogens is 1. The standard InChI is InChI=1S/C27H22FN5O4/c28-19-8-5-17(6-9-19)15-32-26(35)20-3-1-2-4-21(20)33-24(30-31-27(32)33)11-12-25(34)29-14-18-7-10-22-23(13-18)37-16-36-22/h1-10,13H,11-12,14-16H2,(H,29,34). The Morgan fingerprint density at radius 3 is 2.62 bits per heavy atom. The van der Waals surface area contributed by atoms with Gasteiger partial charge in [-0.1, -0.05) is 30.3 Å². The minimum Gasteiger partial charge on any atom is -0.454 e. The maximum atomic E-state index is 13.4. The second kappa shape index (κ2) is 9.38. The molecule has 6 rings (SSSR count). The van der Waals surface area contributed by atoms with Crippen molar-refractivity contribution in [3.63, 3.8) is 0 Å². The summed E-state index contributed by atoms with van der Waals surface area (Å²) in [6.07, 6.45) is 0.518. The molecule has 0 bridgehead atoms. The molecule has 3 aromatic carbocycles. The van der Waals surface area contributed by atoms with Gasteiger partial charge in [-0.2, -0.15) is 0 Å². The summed E-state index contributed by atoms with van der Waals surface area (Å²) in [4.78, 5) is 25.9. The molecule has 0 atom stereocenters. The topological polar surface area (TPSA) is 99.8 Å². The third-order valence-electron chi connectivity index (χ3n) is 6.33. The highest BCUT2D eigenvalue weighted by atomic mass is 19.1. The smallest absolute Gasteiger partial charge is 0.263 e. The van der Waals surface area contributed by atoms with Gasteiger partial charge >= 0.3 is 0 Å². The van der Waals surface area contributed by atoms with E-state index in [1.165, 1.54) is 16.7 Å². The van der Waals surface area contributed by atoms with E-state index in [0.717, 1.165) is 11.1 Å². The Kier molecular flexibility index (Phi) is 5.76. The number of amides is 1. The van der Waals surface area contributed by atoms with Crippen LogP contribution < -0.4 is 20.3 Å². The number of carbonyl (C=O) groups excluding carboxylic acids is 1. The quantitative estimate of drug-likeness (QED) is 0.369. The Bertz CT molecular complexity index is 1690. The molecule has 0 saturated heterocycles. The zero-order valence-corrected chi connectivity index (χ0v) is 19.7. The lowest BCUT2D eigenvalue weighted by Crippen LogP contribution is -2.25. The SMILES string of the molecule is O=C(CCc1nnc2n(Cc3ccc(F)cc3)c(=O)c3ccccc3n12)NCc1ccc2c(c1)OCO2. The van der Waals surface area contributed by atoms with Gasteiger partial charge in [-0.05, 0) is 47.5 Å². The Labute approximate surface area is 210 Å². The van der Waals surface area contributed by atoms with Crippen molar-refractivity contribution < 1.29 is 18.7 Å². The van der Waals surface area contributed by atoms with Crippen molar-refractivity contribution in [2.45, 2.75) is 25.9 Å². The first-order valence-corrected chi connectivity index (χ1v) is 11.8. The monoisotopic (exact) mass is 499 g/mol. The van der Waals surface area contributed by atoms with Gasteiger partial charge in [0, 0.05) is 19.4 Å². The average Bonchev–Trinajstić information content (AvgIpc) is 3.56. The lowest BCUT2D eigenvalue weighted by atomic mass is 10.2. The molecule has 10 heteroatoms. The van der Waals surface area contributed by atoms with E-state index in [0.29, 0.717) is 47.0 Å². The molecule has 5 aromatic rings. The molecule has 0 aliphatic carbocycles. The number of aryl methyl sites for hydroxylation is 1. The number of carbonyl (C=O) groups is 1. The lowest BCUT2D eigenvalue weighted by Gasteiger charge is -2.12. The molecule has 0 unspecified atom stereocenters. The van der Waals surface area contributed by atoms with Gasteiger partial charge in [0.2, 0.25) is 18.5 Å². The molecule has 1 N–H and O–H groups in total. The van der Waals surface area contributed by atoms with Crippen molar-refractivity contribution in [1.82, 2.24) is 24.5 Å². The van der Waals surface area contributed by atoms with Crippen LogP contribution >= 0.6 is 0 Å². The van der Waals surface area contributed by atoms with Crippen molar-refractivity contribution in [2.24, 2.45) is 0 Å².